The van der Waals surface area contributed by atoms with E-state index >= 15 is 0 Å². The molecular formula is C52H69I2O2P. The van der Waals surface area contributed by atoms with Crippen LogP contribution in [0, 0.1) is 0 Å². The standard InChI is InChI=1S/C35H42IOP.C17H27IO/c36-38(33-23-13-8-14-24-33,34-25-15-9-16-26-34,35-27-17-10-18-28-35)30-20-6-4-2-1-3-5-19-29-37-31-32-21-11-7-12-22-32;18-14-10-5-3-1-2-4-6-11-15-19-16-17-12-8-7-9-13-17/h7-18,21-28H,1-6,19-20,29-31H2;7-9,12-13H,1-6,10-11,14-16H2. The van der Waals surface area contributed by atoms with Crippen molar-refractivity contribution in [3.63, 3.8) is 0 Å². The first-order valence-electron chi connectivity index (χ1n) is 21.8. The Balaban J connectivity index is 0.000000319. The molecule has 0 bridgehead atoms. The van der Waals surface area contributed by atoms with E-state index in [-0.39, 0.29) is 0 Å². The van der Waals surface area contributed by atoms with E-state index in [4.69, 9.17) is 9.47 Å². The van der Waals surface area contributed by atoms with Gasteiger partial charge in [-0.25, -0.2) is 0 Å². The SMILES string of the molecule is ICCCCCCCCCCOCc1ccccc1.IP(CCCCCCCCCCOCc1ccccc1)(c1ccccc1)(c1ccccc1)c1ccccc1. The first kappa shape index (κ1) is 47.6. The van der Waals surface area contributed by atoms with Gasteiger partial charge < -0.3 is 4.74 Å². The Kier molecular flexibility index (Phi) is 24.4. The fourth-order valence-corrected chi connectivity index (χ4v) is 16.9. The van der Waals surface area contributed by atoms with Crippen molar-refractivity contribution in [3.05, 3.63) is 163 Å². The molecule has 2 nitrogen and oxygen atoms in total. The predicted molar refractivity (Wildman–Crippen MR) is 269 cm³/mol. The van der Waals surface area contributed by atoms with Gasteiger partial charge in [0.1, 0.15) is 0 Å². The van der Waals surface area contributed by atoms with E-state index in [1.54, 1.807) is 0 Å². The quantitative estimate of drug-likeness (QED) is 0.0215. The van der Waals surface area contributed by atoms with E-state index in [1.165, 1.54) is 140 Å². The van der Waals surface area contributed by atoms with Gasteiger partial charge >= 0.3 is 209 Å². The molecule has 0 fully saturated rings. The van der Waals surface area contributed by atoms with Crippen molar-refractivity contribution in [1.29, 1.82) is 0 Å². The van der Waals surface area contributed by atoms with Crippen molar-refractivity contribution in [1.82, 2.24) is 0 Å². The minimum atomic E-state index is -2.60. The second-order valence-electron chi connectivity index (χ2n) is 15.3. The van der Waals surface area contributed by atoms with Gasteiger partial charge in [-0.3, -0.25) is 0 Å². The van der Waals surface area contributed by atoms with Crippen molar-refractivity contribution in [2.75, 3.05) is 23.8 Å². The molecule has 57 heavy (non-hydrogen) atoms. The van der Waals surface area contributed by atoms with Gasteiger partial charge in [0.2, 0.25) is 0 Å². The van der Waals surface area contributed by atoms with Gasteiger partial charge in [-0.2, -0.15) is 0 Å². The van der Waals surface area contributed by atoms with Crippen LogP contribution in [-0.2, 0) is 22.7 Å². The Bertz CT molecular complexity index is 1570. The van der Waals surface area contributed by atoms with E-state index in [2.05, 4.69) is 190 Å². The van der Waals surface area contributed by atoms with Gasteiger partial charge in [0.05, 0.1) is 6.61 Å². The van der Waals surface area contributed by atoms with Crippen LogP contribution in [0.3, 0.4) is 0 Å². The summed E-state index contributed by atoms with van der Waals surface area (Å²) in [5, 5.41) is 4.47. The number of hydrogen-bond donors (Lipinski definition) is 0. The summed E-state index contributed by atoms with van der Waals surface area (Å²) in [5.41, 5.74) is 2.54. The van der Waals surface area contributed by atoms with Crippen molar-refractivity contribution < 1.29 is 9.47 Å². The van der Waals surface area contributed by atoms with E-state index < -0.39 is 4.25 Å². The average Bonchev–Trinajstić information content (AvgIpc) is 3.28. The molecule has 5 heteroatoms. The van der Waals surface area contributed by atoms with Gasteiger partial charge in [0.15, 0.2) is 0 Å². The topological polar surface area (TPSA) is 18.5 Å². The number of alkyl halides is 1. The fraction of sp³-hybridized carbons (Fsp3) is 0.423. The number of ether oxygens (including phenoxy) is 2. The zero-order valence-corrected chi connectivity index (χ0v) is 39.7. The monoisotopic (exact) mass is 1010 g/mol. The molecule has 5 rings (SSSR count). The van der Waals surface area contributed by atoms with Crippen molar-refractivity contribution in [3.8, 4) is 0 Å². The second-order valence-corrected chi connectivity index (χ2v) is 27.2. The molecule has 0 aliphatic rings. The van der Waals surface area contributed by atoms with Crippen LogP contribution in [-0.4, -0.2) is 23.8 Å². The zero-order valence-electron chi connectivity index (χ0n) is 34.5. The number of unbranched alkanes of at least 4 members (excludes halogenated alkanes) is 14. The van der Waals surface area contributed by atoms with Crippen LogP contribution in [0.4, 0.5) is 0 Å². The molecule has 0 radical (unpaired) electrons. The predicted octanol–water partition coefficient (Wildman–Crippen LogP) is 15.0. The molecule has 0 aliphatic heterocycles. The molecule has 0 aliphatic carbocycles. The molecule has 0 aromatic heterocycles. The molecule has 308 valence electrons. The summed E-state index contributed by atoms with van der Waals surface area (Å²) in [6.07, 6.45) is 22.5. The summed E-state index contributed by atoms with van der Waals surface area (Å²) < 4.78 is 10.2. The van der Waals surface area contributed by atoms with Crippen LogP contribution in [0.5, 0.6) is 0 Å². The van der Waals surface area contributed by atoms with Gasteiger partial charge in [0, 0.05) is 6.61 Å². The first-order chi connectivity index (χ1) is 28.1. The summed E-state index contributed by atoms with van der Waals surface area (Å²) in [6.45, 7) is 3.27. The van der Waals surface area contributed by atoms with Crippen molar-refractivity contribution >= 4 is 64.8 Å². The summed E-state index contributed by atoms with van der Waals surface area (Å²) in [4.78, 5) is 0. The van der Waals surface area contributed by atoms with Gasteiger partial charge in [-0.15, -0.1) is 0 Å². The van der Waals surface area contributed by atoms with Crippen molar-refractivity contribution in [2.45, 2.75) is 116 Å². The average molecular weight is 1010 g/mol. The van der Waals surface area contributed by atoms with Crippen LogP contribution in [0.1, 0.15) is 114 Å². The number of benzene rings is 5. The van der Waals surface area contributed by atoms with Gasteiger partial charge in [-0.05, 0) is 28.4 Å². The third-order valence-electron chi connectivity index (χ3n) is 10.9. The molecular weight excluding hydrogens is 941 g/mol. The fourth-order valence-electron chi connectivity index (χ4n) is 7.61. The van der Waals surface area contributed by atoms with Crippen LogP contribution >= 0.6 is 48.9 Å². The molecule has 5 aromatic carbocycles. The molecule has 0 saturated carbocycles. The Morgan fingerprint density at radius 3 is 0.947 bits per heavy atom. The molecule has 0 heterocycles. The molecule has 0 N–H and O–H groups in total. The first-order valence-corrected chi connectivity index (χ1v) is 28.6. The van der Waals surface area contributed by atoms with E-state index in [1.807, 2.05) is 6.07 Å². The normalized spacial score (nSPS) is 12.0. The van der Waals surface area contributed by atoms with E-state index in [0.29, 0.717) is 0 Å². The van der Waals surface area contributed by atoms with Crippen LogP contribution in [0.25, 0.3) is 0 Å². The Morgan fingerprint density at radius 2 is 0.614 bits per heavy atom. The Hall–Kier alpha value is -2.09. The van der Waals surface area contributed by atoms with Gasteiger partial charge in [-0.1, -0.05) is 122 Å². The van der Waals surface area contributed by atoms with E-state index in [9.17, 15) is 0 Å². The van der Waals surface area contributed by atoms with Crippen LogP contribution < -0.4 is 15.9 Å². The molecule has 0 amide bonds. The number of hydrogen-bond acceptors (Lipinski definition) is 2. The number of halogens is 2. The minimum absolute atomic E-state index is 0.734. The molecule has 0 unspecified atom stereocenters. The summed E-state index contributed by atoms with van der Waals surface area (Å²) in [6, 6.07) is 54.8. The van der Waals surface area contributed by atoms with Crippen LogP contribution in [0.2, 0.25) is 0 Å². The Labute approximate surface area is 373 Å². The summed E-state index contributed by atoms with van der Waals surface area (Å²) in [5.74, 6) is 0. The second kappa shape index (κ2) is 29.2. The molecule has 0 spiro atoms. The third kappa shape index (κ3) is 17.2. The maximum atomic E-state index is 5.83. The van der Waals surface area contributed by atoms with Gasteiger partial charge in [0.25, 0.3) is 0 Å². The molecule has 5 aromatic rings. The third-order valence-corrected chi connectivity index (χ3v) is 23.4. The molecule has 0 atom stereocenters. The Morgan fingerprint density at radius 1 is 0.333 bits per heavy atom. The van der Waals surface area contributed by atoms with E-state index in [0.717, 1.165) is 26.4 Å². The zero-order chi connectivity index (χ0) is 40.0. The number of rotatable bonds is 28. The van der Waals surface area contributed by atoms with Crippen molar-refractivity contribution in [2.24, 2.45) is 0 Å². The summed E-state index contributed by atoms with van der Waals surface area (Å²) >= 11 is 5.38. The van der Waals surface area contributed by atoms with Crippen LogP contribution in [0.15, 0.2) is 152 Å². The molecule has 0 saturated heterocycles. The summed E-state index contributed by atoms with van der Waals surface area (Å²) in [7, 11) is 0. The maximum absolute atomic E-state index is 5.83.